The molecule has 1 aromatic carbocycles. The van der Waals surface area contributed by atoms with Crippen LogP contribution in [0.1, 0.15) is 24.5 Å². The Hall–Kier alpha value is -1.58. The minimum atomic E-state index is -3.55. The number of aryl methyl sites for hydroxylation is 1. The topological polar surface area (TPSA) is 82.0 Å². The van der Waals surface area contributed by atoms with Gasteiger partial charge in [0.25, 0.3) is 10.2 Å². The Morgan fingerprint density at radius 2 is 2.12 bits per heavy atom. The van der Waals surface area contributed by atoms with E-state index in [4.69, 9.17) is 5.26 Å². The Labute approximate surface area is 102 Å². The number of rotatable bonds is 5. The second-order valence-corrected chi connectivity index (χ2v) is 5.14. The van der Waals surface area contributed by atoms with Crippen LogP contribution in [-0.2, 0) is 10.2 Å². The fraction of sp³-hybridized carbons (Fsp3) is 0.364. The molecule has 1 rings (SSSR count). The SMILES string of the molecule is CCCNS(=O)(=O)Nc1cc(C#N)ccc1C. The highest BCUT2D eigenvalue weighted by molar-refractivity contribution is 7.90. The largest absolute Gasteiger partial charge is 0.299 e. The van der Waals surface area contributed by atoms with Crippen molar-refractivity contribution >= 4 is 15.9 Å². The Kier molecular flexibility index (Phi) is 4.49. The first-order valence-corrected chi connectivity index (χ1v) is 6.75. The van der Waals surface area contributed by atoms with Crippen molar-refractivity contribution in [2.75, 3.05) is 11.3 Å². The number of hydrogen-bond donors (Lipinski definition) is 2. The van der Waals surface area contributed by atoms with Crippen LogP contribution in [0.15, 0.2) is 18.2 Å². The van der Waals surface area contributed by atoms with Gasteiger partial charge < -0.3 is 0 Å². The van der Waals surface area contributed by atoms with Gasteiger partial charge in [0.2, 0.25) is 0 Å². The molecule has 0 spiro atoms. The van der Waals surface area contributed by atoms with E-state index in [1.807, 2.05) is 13.0 Å². The van der Waals surface area contributed by atoms with Crippen LogP contribution in [0.4, 0.5) is 5.69 Å². The number of anilines is 1. The molecule has 0 heterocycles. The summed E-state index contributed by atoms with van der Waals surface area (Å²) < 4.78 is 28.0. The van der Waals surface area contributed by atoms with Gasteiger partial charge in [-0.2, -0.15) is 18.4 Å². The Balaban J connectivity index is 2.91. The Morgan fingerprint density at radius 1 is 1.41 bits per heavy atom. The molecule has 0 aromatic heterocycles. The van der Waals surface area contributed by atoms with E-state index in [0.717, 1.165) is 12.0 Å². The molecule has 0 radical (unpaired) electrons. The molecule has 2 N–H and O–H groups in total. The number of nitriles is 1. The summed E-state index contributed by atoms with van der Waals surface area (Å²) in [4.78, 5) is 0. The van der Waals surface area contributed by atoms with Crippen molar-refractivity contribution < 1.29 is 8.42 Å². The molecule has 17 heavy (non-hydrogen) atoms. The lowest BCUT2D eigenvalue weighted by Gasteiger charge is -2.11. The first-order chi connectivity index (χ1) is 7.98. The third-order valence-corrected chi connectivity index (χ3v) is 3.23. The molecular formula is C11H15N3O2S. The van der Waals surface area contributed by atoms with Crippen LogP contribution in [0, 0.1) is 18.3 Å². The zero-order valence-electron chi connectivity index (χ0n) is 9.82. The van der Waals surface area contributed by atoms with Crippen molar-refractivity contribution in [2.24, 2.45) is 0 Å². The molecule has 1 aromatic rings. The first-order valence-electron chi connectivity index (χ1n) is 5.26. The van der Waals surface area contributed by atoms with Crippen molar-refractivity contribution in [2.45, 2.75) is 20.3 Å². The summed E-state index contributed by atoms with van der Waals surface area (Å²) >= 11 is 0. The quantitative estimate of drug-likeness (QED) is 0.834. The van der Waals surface area contributed by atoms with E-state index in [0.29, 0.717) is 17.8 Å². The van der Waals surface area contributed by atoms with Gasteiger partial charge in [0.05, 0.1) is 17.3 Å². The normalized spacial score (nSPS) is 10.9. The van der Waals surface area contributed by atoms with Gasteiger partial charge in [-0.25, -0.2) is 0 Å². The van der Waals surface area contributed by atoms with Crippen molar-refractivity contribution in [3.8, 4) is 6.07 Å². The van der Waals surface area contributed by atoms with E-state index < -0.39 is 10.2 Å². The van der Waals surface area contributed by atoms with Gasteiger partial charge in [-0.3, -0.25) is 4.72 Å². The third kappa shape index (κ3) is 4.06. The smallest absolute Gasteiger partial charge is 0.271 e. The molecule has 0 amide bonds. The number of nitrogens with one attached hydrogen (secondary N) is 2. The van der Waals surface area contributed by atoms with Gasteiger partial charge in [-0.15, -0.1) is 0 Å². The van der Waals surface area contributed by atoms with Gasteiger partial charge in [0, 0.05) is 6.54 Å². The van der Waals surface area contributed by atoms with Crippen LogP contribution in [0.2, 0.25) is 0 Å². The van der Waals surface area contributed by atoms with Crippen molar-refractivity contribution in [1.29, 1.82) is 5.26 Å². The molecular weight excluding hydrogens is 238 g/mol. The van der Waals surface area contributed by atoms with Crippen LogP contribution < -0.4 is 9.44 Å². The van der Waals surface area contributed by atoms with Gasteiger partial charge in [-0.1, -0.05) is 13.0 Å². The molecule has 5 nitrogen and oxygen atoms in total. The van der Waals surface area contributed by atoms with E-state index >= 15 is 0 Å². The van der Waals surface area contributed by atoms with E-state index in [1.54, 1.807) is 19.1 Å². The fourth-order valence-corrected chi connectivity index (χ4v) is 2.27. The molecule has 0 aliphatic rings. The predicted molar refractivity (Wildman–Crippen MR) is 66.7 cm³/mol. The molecule has 92 valence electrons. The summed E-state index contributed by atoms with van der Waals surface area (Å²) in [5.41, 5.74) is 1.61. The van der Waals surface area contributed by atoms with Crippen LogP contribution in [0.5, 0.6) is 0 Å². The minimum Gasteiger partial charge on any atom is -0.271 e. The average molecular weight is 253 g/mol. The Morgan fingerprint density at radius 3 is 2.71 bits per heavy atom. The van der Waals surface area contributed by atoms with E-state index in [1.165, 1.54) is 6.07 Å². The highest BCUT2D eigenvalue weighted by atomic mass is 32.2. The minimum absolute atomic E-state index is 0.381. The maximum atomic E-state index is 11.6. The molecule has 0 unspecified atom stereocenters. The molecule has 0 aliphatic heterocycles. The zero-order chi connectivity index (χ0) is 12.9. The van der Waals surface area contributed by atoms with Crippen molar-refractivity contribution in [1.82, 2.24) is 4.72 Å². The van der Waals surface area contributed by atoms with Crippen molar-refractivity contribution in [3.05, 3.63) is 29.3 Å². The lowest BCUT2D eigenvalue weighted by atomic mass is 10.1. The maximum absolute atomic E-state index is 11.6. The van der Waals surface area contributed by atoms with Crippen LogP contribution >= 0.6 is 0 Å². The molecule has 0 atom stereocenters. The highest BCUT2D eigenvalue weighted by Crippen LogP contribution is 2.17. The molecule has 0 bridgehead atoms. The third-order valence-electron chi connectivity index (χ3n) is 2.15. The van der Waals surface area contributed by atoms with Gasteiger partial charge in [0.1, 0.15) is 0 Å². The number of benzene rings is 1. The molecule has 0 saturated heterocycles. The summed E-state index contributed by atoms with van der Waals surface area (Å²) in [6.45, 7) is 4.04. The first kappa shape index (κ1) is 13.5. The van der Waals surface area contributed by atoms with Crippen LogP contribution in [-0.4, -0.2) is 15.0 Å². The monoisotopic (exact) mass is 253 g/mol. The zero-order valence-corrected chi connectivity index (χ0v) is 10.6. The van der Waals surface area contributed by atoms with Gasteiger partial charge in [-0.05, 0) is 31.0 Å². The fourth-order valence-electron chi connectivity index (χ4n) is 1.22. The number of hydrogen-bond acceptors (Lipinski definition) is 3. The predicted octanol–water partition coefficient (Wildman–Crippen LogP) is 1.52. The molecule has 0 fully saturated rings. The number of nitrogens with zero attached hydrogens (tertiary/aromatic N) is 1. The second-order valence-electron chi connectivity index (χ2n) is 3.64. The lowest BCUT2D eigenvalue weighted by molar-refractivity contribution is 0.586. The standard InChI is InChI=1S/C11H15N3O2S/c1-3-6-13-17(15,16)14-11-7-10(8-12)5-4-9(11)2/h4-5,7,13-14H,3,6H2,1-2H3. The molecule has 0 saturated carbocycles. The maximum Gasteiger partial charge on any atom is 0.299 e. The summed E-state index contributed by atoms with van der Waals surface area (Å²) in [6, 6.07) is 6.83. The summed E-state index contributed by atoms with van der Waals surface area (Å²) in [5.74, 6) is 0. The van der Waals surface area contributed by atoms with Crippen LogP contribution in [0.25, 0.3) is 0 Å². The molecule has 6 heteroatoms. The van der Waals surface area contributed by atoms with Crippen molar-refractivity contribution in [3.63, 3.8) is 0 Å². The molecule has 0 aliphatic carbocycles. The van der Waals surface area contributed by atoms with Gasteiger partial charge >= 0.3 is 0 Å². The summed E-state index contributed by atoms with van der Waals surface area (Å²) in [5, 5.41) is 8.75. The average Bonchev–Trinajstić information content (AvgIpc) is 2.29. The second kappa shape index (κ2) is 5.66. The lowest BCUT2D eigenvalue weighted by Crippen LogP contribution is -2.30. The van der Waals surface area contributed by atoms with Gasteiger partial charge in [0.15, 0.2) is 0 Å². The van der Waals surface area contributed by atoms with E-state index in [2.05, 4.69) is 9.44 Å². The Bertz CT molecular complexity index is 532. The highest BCUT2D eigenvalue weighted by Gasteiger charge is 2.10. The van der Waals surface area contributed by atoms with Crippen LogP contribution in [0.3, 0.4) is 0 Å². The summed E-state index contributed by atoms with van der Waals surface area (Å²) in [7, 11) is -3.55. The van der Waals surface area contributed by atoms with E-state index in [9.17, 15) is 8.42 Å². The van der Waals surface area contributed by atoms with E-state index in [-0.39, 0.29) is 0 Å². The summed E-state index contributed by atoms with van der Waals surface area (Å²) in [6.07, 6.45) is 0.720.